The van der Waals surface area contributed by atoms with E-state index in [2.05, 4.69) is 10.3 Å². The zero-order valence-corrected chi connectivity index (χ0v) is 9.57. The number of rotatable bonds is 5. The van der Waals surface area contributed by atoms with E-state index in [0.717, 1.165) is 12.3 Å². The first-order valence-corrected chi connectivity index (χ1v) is 5.18. The molecule has 102 valence electrons. The molecular weight excluding hydrogens is 265 g/mol. The van der Waals surface area contributed by atoms with Crippen molar-refractivity contribution in [1.82, 2.24) is 4.98 Å². The first kappa shape index (κ1) is 14.7. The molecule has 0 fully saturated rings. The molecule has 0 saturated carbocycles. The maximum Gasteiger partial charge on any atom is 0.389 e. The van der Waals surface area contributed by atoms with Crippen molar-refractivity contribution in [3.05, 3.63) is 27.9 Å². The van der Waals surface area contributed by atoms with Gasteiger partial charge in [0.25, 0.3) is 0 Å². The van der Waals surface area contributed by atoms with Crippen LogP contribution in [-0.2, 0) is 0 Å². The second-order valence-corrected chi connectivity index (χ2v) is 3.61. The summed E-state index contributed by atoms with van der Waals surface area (Å²) in [5, 5.41) is 21.8. The Bertz CT molecular complexity index is 510. The number of nitrogens with zero attached hydrogens (tertiary/aromatic N) is 3. The third-order valence-electron chi connectivity index (χ3n) is 2.12. The standard InChI is InChI=1S/C10H9F3N4O2/c11-10(12,13)2-1-3-15-9-8(17(18)19)4-7(5-14)6-16-9/h4,6H,1-3H2,(H,15,16). The van der Waals surface area contributed by atoms with Gasteiger partial charge >= 0.3 is 11.9 Å². The molecule has 0 saturated heterocycles. The molecule has 0 bridgehead atoms. The Hall–Kier alpha value is -2.37. The number of aromatic nitrogens is 1. The lowest BCUT2D eigenvalue weighted by molar-refractivity contribution is -0.384. The molecule has 1 rings (SSSR count). The predicted octanol–water partition coefficient (Wildman–Crippen LogP) is 2.62. The van der Waals surface area contributed by atoms with Crippen LogP contribution in [0.2, 0.25) is 0 Å². The van der Waals surface area contributed by atoms with E-state index in [1.165, 1.54) is 0 Å². The highest BCUT2D eigenvalue weighted by atomic mass is 19.4. The smallest absolute Gasteiger partial charge is 0.364 e. The lowest BCUT2D eigenvalue weighted by Gasteiger charge is -2.08. The summed E-state index contributed by atoms with van der Waals surface area (Å²) in [5.41, 5.74) is -0.432. The van der Waals surface area contributed by atoms with E-state index >= 15 is 0 Å². The number of nitro groups is 1. The van der Waals surface area contributed by atoms with Gasteiger partial charge in [0.15, 0.2) is 0 Å². The van der Waals surface area contributed by atoms with E-state index in [9.17, 15) is 23.3 Å². The van der Waals surface area contributed by atoms with Crippen molar-refractivity contribution >= 4 is 11.5 Å². The van der Waals surface area contributed by atoms with Gasteiger partial charge in [-0.2, -0.15) is 18.4 Å². The summed E-state index contributed by atoms with van der Waals surface area (Å²) >= 11 is 0. The lowest BCUT2D eigenvalue weighted by atomic mass is 10.2. The number of nitriles is 1. The SMILES string of the molecule is N#Cc1cnc(NCCCC(F)(F)F)c([N+](=O)[O-])c1. The fraction of sp³-hybridized carbons (Fsp3) is 0.400. The van der Waals surface area contributed by atoms with Gasteiger partial charge in [0.05, 0.1) is 10.5 Å². The molecule has 0 radical (unpaired) electrons. The van der Waals surface area contributed by atoms with Crippen LogP contribution in [0, 0.1) is 21.4 Å². The molecule has 0 aliphatic heterocycles. The van der Waals surface area contributed by atoms with Crippen LogP contribution in [0.3, 0.4) is 0 Å². The molecule has 6 nitrogen and oxygen atoms in total. The van der Waals surface area contributed by atoms with Crippen LogP contribution in [-0.4, -0.2) is 22.6 Å². The molecule has 9 heteroatoms. The molecule has 0 spiro atoms. The summed E-state index contributed by atoms with van der Waals surface area (Å²) in [6.07, 6.45) is -4.35. The summed E-state index contributed by atoms with van der Waals surface area (Å²) in [6, 6.07) is 2.71. The van der Waals surface area contributed by atoms with Crippen LogP contribution in [0.4, 0.5) is 24.7 Å². The van der Waals surface area contributed by atoms with E-state index < -0.39 is 23.2 Å². The van der Waals surface area contributed by atoms with Crippen molar-refractivity contribution in [3.63, 3.8) is 0 Å². The lowest BCUT2D eigenvalue weighted by Crippen LogP contribution is -2.12. The highest BCUT2D eigenvalue weighted by Gasteiger charge is 2.26. The molecule has 0 aliphatic rings. The minimum absolute atomic E-state index is 0.00698. The second-order valence-electron chi connectivity index (χ2n) is 3.61. The third-order valence-corrected chi connectivity index (χ3v) is 2.12. The van der Waals surface area contributed by atoms with Gasteiger partial charge in [-0.15, -0.1) is 0 Å². The van der Waals surface area contributed by atoms with Gasteiger partial charge in [0.2, 0.25) is 5.82 Å². The topological polar surface area (TPSA) is 91.8 Å². The van der Waals surface area contributed by atoms with E-state index in [0.29, 0.717) is 0 Å². The van der Waals surface area contributed by atoms with Crippen molar-refractivity contribution in [3.8, 4) is 6.07 Å². The minimum Gasteiger partial charge on any atom is -0.364 e. The number of hydrogen-bond donors (Lipinski definition) is 1. The molecule has 0 amide bonds. The van der Waals surface area contributed by atoms with Crippen LogP contribution >= 0.6 is 0 Å². The largest absolute Gasteiger partial charge is 0.389 e. The van der Waals surface area contributed by atoms with E-state index in [4.69, 9.17) is 5.26 Å². The van der Waals surface area contributed by atoms with Crippen molar-refractivity contribution < 1.29 is 18.1 Å². The van der Waals surface area contributed by atoms with Crippen molar-refractivity contribution in [2.75, 3.05) is 11.9 Å². The van der Waals surface area contributed by atoms with Gasteiger partial charge in [-0.25, -0.2) is 4.98 Å². The number of nitrogens with one attached hydrogen (secondary N) is 1. The number of halogens is 3. The summed E-state index contributed by atoms with van der Waals surface area (Å²) in [6.45, 7) is -0.0980. The quantitative estimate of drug-likeness (QED) is 0.506. The number of alkyl halides is 3. The average Bonchev–Trinajstić information content (AvgIpc) is 2.33. The molecule has 1 N–H and O–H groups in total. The Morgan fingerprint density at radius 1 is 1.53 bits per heavy atom. The Morgan fingerprint density at radius 3 is 2.74 bits per heavy atom. The van der Waals surface area contributed by atoms with Crippen molar-refractivity contribution in [1.29, 1.82) is 5.26 Å². The second kappa shape index (κ2) is 5.99. The summed E-state index contributed by atoms with van der Waals surface area (Å²) in [5.74, 6) is -0.147. The molecule has 0 aliphatic carbocycles. The first-order chi connectivity index (χ1) is 8.83. The van der Waals surface area contributed by atoms with Crippen LogP contribution in [0.15, 0.2) is 12.3 Å². The van der Waals surface area contributed by atoms with Crippen LogP contribution < -0.4 is 5.32 Å². The number of pyridine rings is 1. The molecule has 0 atom stereocenters. The van der Waals surface area contributed by atoms with Gasteiger partial charge in [0.1, 0.15) is 6.07 Å². The summed E-state index contributed by atoms with van der Waals surface area (Å²) in [7, 11) is 0. The summed E-state index contributed by atoms with van der Waals surface area (Å²) in [4.78, 5) is 13.6. The highest BCUT2D eigenvalue weighted by Crippen LogP contribution is 2.24. The van der Waals surface area contributed by atoms with Crippen LogP contribution in [0.1, 0.15) is 18.4 Å². The van der Waals surface area contributed by atoms with Gasteiger partial charge in [0, 0.05) is 25.2 Å². The molecule has 19 heavy (non-hydrogen) atoms. The zero-order chi connectivity index (χ0) is 14.5. The van der Waals surface area contributed by atoms with Gasteiger partial charge in [-0.05, 0) is 6.42 Å². The third kappa shape index (κ3) is 4.79. The number of anilines is 1. The van der Waals surface area contributed by atoms with Crippen molar-refractivity contribution in [2.24, 2.45) is 0 Å². The van der Waals surface area contributed by atoms with Crippen molar-refractivity contribution in [2.45, 2.75) is 19.0 Å². The first-order valence-electron chi connectivity index (χ1n) is 5.18. The highest BCUT2D eigenvalue weighted by molar-refractivity contribution is 5.58. The van der Waals surface area contributed by atoms with Crippen LogP contribution in [0.5, 0.6) is 0 Å². The predicted molar refractivity (Wildman–Crippen MR) is 59.4 cm³/mol. The maximum absolute atomic E-state index is 11.9. The monoisotopic (exact) mass is 274 g/mol. The molecule has 1 heterocycles. The summed E-state index contributed by atoms with van der Waals surface area (Å²) < 4.78 is 35.7. The van der Waals surface area contributed by atoms with Gasteiger partial charge < -0.3 is 5.32 Å². The Labute approximate surface area is 106 Å². The molecule has 0 aromatic carbocycles. The normalized spacial score (nSPS) is 10.8. The average molecular weight is 274 g/mol. The molecular formula is C10H9F3N4O2. The molecule has 0 unspecified atom stereocenters. The zero-order valence-electron chi connectivity index (χ0n) is 9.57. The molecule has 1 aromatic rings. The van der Waals surface area contributed by atoms with E-state index in [1.54, 1.807) is 6.07 Å². The Morgan fingerprint density at radius 2 is 2.21 bits per heavy atom. The number of hydrogen-bond acceptors (Lipinski definition) is 5. The van der Waals surface area contributed by atoms with Crippen LogP contribution in [0.25, 0.3) is 0 Å². The van der Waals surface area contributed by atoms with E-state index in [-0.39, 0.29) is 24.3 Å². The fourth-order valence-corrected chi connectivity index (χ4v) is 1.29. The van der Waals surface area contributed by atoms with Gasteiger partial charge in [-0.1, -0.05) is 0 Å². The van der Waals surface area contributed by atoms with E-state index in [1.807, 2.05) is 0 Å². The minimum atomic E-state index is -4.26. The fourth-order valence-electron chi connectivity index (χ4n) is 1.29. The van der Waals surface area contributed by atoms with Gasteiger partial charge in [-0.3, -0.25) is 10.1 Å². The molecule has 1 aromatic heterocycles. The Balaban J connectivity index is 2.68. The maximum atomic E-state index is 11.9. The Kier molecular flexibility index (Phi) is 4.63.